The molecule has 0 aliphatic heterocycles. The van der Waals surface area contributed by atoms with Gasteiger partial charge in [-0.1, -0.05) is 41.5 Å². The summed E-state index contributed by atoms with van der Waals surface area (Å²) in [6.45, 7) is 14.6. The lowest BCUT2D eigenvalue weighted by molar-refractivity contribution is -0.384. The Kier molecular flexibility index (Phi) is 7.99. The monoisotopic (exact) mass is 421 g/mol. The first-order valence-electron chi connectivity index (χ1n) is 10.7. The summed E-state index contributed by atoms with van der Waals surface area (Å²) in [5.74, 6) is 0.119. The number of benzene rings is 1. The van der Waals surface area contributed by atoms with Crippen LogP contribution in [0.15, 0.2) is 24.3 Å². The van der Waals surface area contributed by atoms with Crippen LogP contribution in [-0.4, -0.2) is 31.9 Å². The third-order valence-corrected chi connectivity index (χ3v) is 12.5. The standard InChI is InChI=1S/C22H35NO5Si/c1-15(2)29(16(3)4,17(5)6)27-12-11-18-13-21(14-18)28-22(24)19-7-9-20(10-8-19)23(25)26/h7-10,15-18,21H,11-14H2,1-6H3. The molecule has 1 aliphatic rings. The van der Waals surface area contributed by atoms with Crippen molar-refractivity contribution in [3.05, 3.63) is 39.9 Å². The number of nitro groups is 1. The number of hydrogen-bond donors (Lipinski definition) is 0. The Labute approximate surface area is 175 Å². The van der Waals surface area contributed by atoms with E-state index in [2.05, 4.69) is 41.5 Å². The minimum absolute atomic E-state index is 0.0333. The van der Waals surface area contributed by atoms with Gasteiger partial charge in [-0.2, -0.15) is 0 Å². The summed E-state index contributed by atoms with van der Waals surface area (Å²) in [5.41, 5.74) is 2.07. The second kappa shape index (κ2) is 9.85. The maximum atomic E-state index is 12.2. The second-order valence-corrected chi connectivity index (χ2v) is 14.6. The van der Waals surface area contributed by atoms with Crippen LogP contribution >= 0.6 is 0 Å². The summed E-state index contributed by atoms with van der Waals surface area (Å²) < 4.78 is 12.1. The average molecular weight is 422 g/mol. The largest absolute Gasteiger partial charge is 0.459 e. The summed E-state index contributed by atoms with van der Waals surface area (Å²) in [6, 6.07) is 5.54. The van der Waals surface area contributed by atoms with Crippen molar-refractivity contribution < 1.29 is 18.9 Å². The van der Waals surface area contributed by atoms with Crippen LogP contribution in [0.25, 0.3) is 0 Å². The molecule has 0 unspecified atom stereocenters. The predicted molar refractivity (Wildman–Crippen MR) is 117 cm³/mol. The van der Waals surface area contributed by atoms with Crippen LogP contribution in [0, 0.1) is 16.0 Å². The number of esters is 1. The summed E-state index contributed by atoms with van der Waals surface area (Å²) in [7, 11) is -1.82. The predicted octanol–water partition coefficient (Wildman–Crippen LogP) is 6.11. The minimum atomic E-state index is -1.82. The van der Waals surface area contributed by atoms with Crippen LogP contribution in [0.3, 0.4) is 0 Å². The second-order valence-electron chi connectivity index (χ2n) is 9.12. The summed E-state index contributed by atoms with van der Waals surface area (Å²) in [5, 5.41) is 10.7. The molecule has 0 aromatic heterocycles. The Balaban J connectivity index is 1.77. The fourth-order valence-electron chi connectivity index (χ4n) is 4.85. The zero-order valence-electron chi connectivity index (χ0n) is 18.5. The lowest BCUT2D eigenvalue weighted by Crippen LogP contribution is -2.48. The van der Waals surface area contributed by atoms with E-state index in [1.807, 2.05) is 0 Å². The normalized spacial score (nSPS) is 19.5. The maximum Gasteiger partial charge on any atom is 0.338 e. The fraction of sp³-hybridized carbons (Fsp3) is 0.682. The van der Waals surface area contributed by atoms with E-state index in [9.17, 15) is 14.9 Å². The van der Waals surface area contributed by atoms with Crippen LogP contribution in [-0.2, 0) is 9.16 Å². The van der Waals surface area contributed by atoms with Crippen molar-refractivity contribution >= 4 is 20.0 Å². The number of carbonyl (C=O) groups excluding carboxylic acids is 1. The zero-order valence-corrected chi connectivity index (χ0v) is 19.5. The molecule has 0 heterocycles. The van der Waals surface area contributed by atoms with Crippen LogP contribution in [0.5, 0.6) is 0 Å². The molecule has 0 saturated heterocycles. The van der Waals surface area contributed by atoms with Crippen molar-refractivity contribution in [2.45, 2.75) is 83.5 Å². The zero-order chi connectivity index (χ0) is 21.8. The molecule has 1 aromatic rings. The lowest BCUT2D eigenvalue weighted by atomic mass is 9.80. The van der Waals surface area contributed by atoms with Gasteiger partial charge in [-0.25, -0.2) is 4.79 Å². The van der Waals surface area contributed by atoms with Gasteiger partial charge in [-0.05, 0) is 53.9 Å². The van der Waals surface area contributed by atoms with E-state index in [0.717, 1.165) is 25.9 Å². The van der Waals surface area contributed by atoms with Crippen molar-refractivity contribution in [2.75, 3.05) is 6.61 Å². The summed E-state index contributed by atoms with van der Waals surface area (Å²) in [6.07, 6.45) is 2.67. The summed E-state index contributed by atoms with van der Waals surface area (Å²) >= 11 is 0. The van der Waals surface area contributed by atoms with Gasteiger partial charge in [0.05, 0.1) is 10.5 Å². The molecule has 1 saturated carbocycles. The maximum absolute atomic E-state index is 12.2. The quantitative estimate of drug-likeness (QED) is 0.197. The molecule has 0 bridgehead atoms. The Morgan fingerprint density at radius 1 is 1.07 bits per heavy atom. The molecule has 162 valence electrons. The molecule has 6 nitrogen and oxygen atoms in total. The Morgan fingerprint density at radius 2 is 1.59 bits per heavy atom. The first-order chi connectivity index (χ1) is 13.6. The first-order valence-corrected chi connectivity index (χ1v) is 12.8. The van der Waals surface area contributed by atoms with E-state index in [-0.39, 0.29) is 11.8 Å². The number of non-ortho nitro benzene ring substituents is 1. The smallest absolute Gasteiger partial charge is 0.338 e. The minimum Gasteiger partial charge on any atom is -0.459 e. The van der Waals surface area contributed by atoms with E-state index in [4.69, 9.17) is 9.16 Å². The third-order valence-electron chi connectivity index (χ3n) is 6.37. The average Bonchev–Trinajstić information content (AvgIpc) is 2.61. The van der Waals surface area contributed by atoms with Gasteiger partial charge < -0.3 is 9.16 Å². The molecular formula is C22H35NO5Si. The van der Waals surface area contributed by atoms with Gasteiger partial charge >= 0.3 is 5.97 Å². The molecule has 0 N–H and O–H groups in total. The van der Waals surface area contributed by atoms with Crippen LogP contribution < -0.4 is 0 Å². The molecule has 0 radical (unpaired) electrons. The highest BCUT2D eigenvalue weighted by Gasteiger charge is 2.45. The number of carbonyl (C=O) groups is 1. The Bertz CT molecular complexity index is 674. The van der Waals surface area contributed by atoms with Crippen molar-refractivity contribution in [1.82, 2.24) is 0 Å². The Hall–Kier alpha value is -1.73. The highest BCUT2D eigenvalue weighted by atomic mass is 28.4. The summed E-state index contributed by atoms with van der Waals surface area (Å²) in [4.78, 5) is 22.4. The van der Waals surface area contributed by atoms with E-state index >= 15 is 0 Å². The van der Waals surface area contributed by atoms with Crippen molar-refractivity contribution in [1.29, 1.82) is 0 Å². The van der Waals surface area contributed by atoms with E-state index in [1.165, 1.54) is 24.3 Å². The third kappa shape index (κ3) is 5.45. The van der Waals surface area contributed by atoms with Crippen molar-refractivity contribution in [2.24, 2.45) is 5.92 Å². The van der Waals surface area contributed by atoms with E-state index in [1.54, 1.807) is 0 Å². The number of nitro benzene ring substituents is 1. The SMILES string of the molecule is CC(C)[Si](OCCC1CC(OC(=O)c2ccc([N+](=O)[O-])cc2)C1)(C(C)C)C(C)C. The van der Waals surface area contributed by atoms with E-state index in [0.29, 0.717) is 28.1 Å². The first kappa shape index (κ1) is 23.5. The molecule has 29 heavy (non-hydrogen) atoms. The molecule has 7 heteroatoms. The van der Waals surface area contributed by atoms with Gasteiger partial charge in [-0.3, -0.25) is 10.1 Å². The van der Waals surface area contributed by atoms with Gasteiger partial charge in [0.25, 0.3) is 5.69 Å². The number of hydrogen-bond acceptors (Lipinski definition) is 5. The lowest BCUT2D eigenvalue weighted by Gasteiger charge is -2.43. The van der Waals surface area contributed by atoms with Crippen LogP contribution in [0.1, 0.15) is 71.2 Å². The topological polar surface area (TPSA) is 78.7 Å². The molecule has 1 aromatic carbocycles. The number of nitrogens with zero attached hydrogens (tertiary/aromatic N) is 1. The van der Waals surface area contributed by atoms with Gasteiger partial charge in [0.2, 0.25) is 0 Å². The van der Waals surface area contributed by atoms with Crippen LogP contribution in [0.4, 0.5) is 5.69 Å². The fourth-order valence-corrected chi connectivity index (χ4v) is 10.3. The molecule has 0 atom stereocenters. The Morgan fingerprint density at radius 3 is 2.03 bits per heavy atom. The highest BCUT2D eigenvalue weighted by Crippen LogP contribution is 2.43. The molecule has 1 aliphatic carbocycles. The number of rotatable bonds is 10. The molecule has 2 rings (SSSR count). The highest BCUT2D eigenvalue weighted by molar-refractivity contribution is 6.77. The van der Waals surface area contributed by atoms with Gasteiger partial charge in [-0.15, -0.1) is 0 Å². The van der Waals surface area contributed by atoms with Crippen LogP contribution in [0.2, 0.25) is 16.6 Å². The van der Waals surface area contributed by atoms with E-state index < -0.39 is 19.2 Å². The number of ether oxygens (including phenoxy) is 1. The molecule has 0 amide bonds. The van der Waals surface area contributed by atoms with Gasteiger partial charge in [0.15, 0.2) is 8.32 Å². The molecule has 0 spiro atoms. The van der Waals surface area contributed by atoms with Crippen molar-refractivity contribution in [3.63, 3.8) is 0 Å². The molecule has 1 fully saturated rings. The molecular weight excluding hydrogens is 386 g/mol. The van der Waals surface area contributed by atoms with Gasteiger partial charge in [0.1, 0.15) is 6.10 Å². The van der Waals surface area contributed by atoms with Crippen molar-refractivity contribution in [3.8, 4) is 0 Å². The van der Waals surface area contributed by atoms with Gasteiger partial charge in [0, 0.05) is 18.7 Å².